The molecule has 2 aliphatic heterocycles. The van der Waals surface area contributed by atoms with Crippen molar-refractivity contribution >= 4 is 17.7 Å². The van der Waals surface area contributed by atoms with Gasteiger partial charge in [0.25, 0.3) is 5.91 Å². The summed E-state index contributed by atoms with van der Waals surface area (Å²) in [6, 6.07) is 5.15. The van der Waals surface area contributed by atoms with Gasteiger partial charge in [-0.05, 0) is 37.5 Å². The van der Waals surface area contributed by atoms with Crippen LogP contribution in [0.15, 0.2) is 18.2 Å². The van der Waals surface area contributed by atoms with Crippen molar-refractivity contribution in [2.45, 2.75) is 51.4 Å². The molecule has 8 nitrogen and oxygen atoms in total. The van der Waals surface area contributed by atoms with Crippen molar-refractivity contribution in [1.29, 1.82) is 0 Å². The van der Waals surface area contributed by atoms with Gasteiger partial charge in [-0.25, -0.2) is 0 Å². The summed E-state index contributed by atoms with van der Waals surface area (Å²) >= 11 is 0. The Hall–Kier alpha value is -2.29. The predicted octanol–water partition coefficient (Wildman–Crippen LogP) is 0.291. The fourth-order valence-electron chi connectivity index (χ4n) is 3.43. The summed E-state index contributed by atoms with van der Waals surface area (Å²) in [5, 5.41) is 5.64. The quantitative estimate of drug-likeness (QED) is 0.436. The lowest BCUT2D eigenvalue weighted by Crippen LogP contribution is -2.52. The van der Waals surface area contributed by atoms with E-state index in [0.717, 1.165) is 11.1 Å². The van der Waals surface area contributed by atoms with E-state index in [1.165, 1.54) is 0 Å². The molecule has 1 fully saturated rings. The fraction of sp³-hybridized carbons (Fsp3) is 0.550. The van der Waals surface area contributed by atoms with Gasteiger partial charge >= 0.3 is 0 Å². The van der Waals surface area contributed by atoms with E-state index < -0.39 is 6.04 Å². The number of imide groups is 1. The highest BCUT2D eigenvalue weighted by molar-refractivity contribution is 6.05. The van der Waals surface area contributed by atoms with Crippen LogP contribution in [0.5, 0.6) is 0 Å². The molecule has 0 bridgehead atoms. The van der Waals surface area contributed by atoms with Gasteiger partial charge in [-0.15, -0.1) is 0 Å². The van der Waals surface area contributed by atoms with E-state index >= 15 is 0 Å². The molecule has 0 aliphatic carbocycles. The smallest absolute Gasteiger partial charge is 0.255 e. The Kier molecular flexibility index (Phi) is 6.12. The summed E-state index contributed by atoms with van der Waals surface area (Å²) < 4.78 is 5.70. The minimum atomic E-state index is -0.581. The predicted molar refractivity (Wildman–Crippen MR) is 103 cm³/mol. The van der Waals surface area contributed by atoms with E-state index in [1.54, 1.807) is 4.90 Å². The van der Waals surface area contributed by atoms with E-state index in [0.29, 0.717) is 44.8 Å². The maximum Gasteiger partial charge on any atom is 0.255 e. The average molecular weight is 388 g/mol. The van der Waals surface area contributed by atoms with Crippen molar-refractivity contribution in [1.82, 2.24) is 15.5 Å². The first-order chi connectivity index (χ1) is 13.3. The number of nitrogens with two attached hydrogens (primary N) is 1. The van der Waals surface area contributed by atoms with Crippen LogP contribution in [0.3, 0.4) is 0 Å². The van der Waals surface area contributed by atoms with E-state index in [4.69, 9.17) is 10.5 Å². The monoisotopic (exact) mass is 388 g/mol. The third kappa shape index (κ3) is 4.57. The number of benzene rings is 1. The number of fused-ring (bicyclic) bond motifs is 1. The highest BCUT2D eigenvalue weighted by atomic mass is 16.5. The first-order valence-corrected chi connectivity index (χ1v) is 9.62. The molecule has 0 spiro atoms. The molecule has 1 aromatic carbocycles. The molecule has 8 heteroatoms. The maximum absolute atomic E-state index is 12.7. The number of hydrogen-bond acceptors (Lipinski definition) is 6. The SMILES string of the molecule is CC(C)(CN)OCCNCc1ccc2c(c1)CN(C1CCC(=O)NC1=O)C2=O. The fourth-order valence-corrected chi connectivity index (χ4v) is 3.43. The van der Waals surface area contributed by atoms with Crippen molar-refractivity contribution in [3.63, 3.8) is 0 Å². The average Bonchev–Trinajstić information content (AvgIpc) is 2.97. The van der Waals surface area contributed by atoms with Gasteiger partial charge in [-0.2, -0.15) is 0 Å². The van der Waals surface area contributed by atoms with Crippen LogP contribution in [-0.2, 0) is 27.4 Å². The molecular weight excluding hydrogens is 360 g/mol. The van der Waals surface area contributed by atoms with E-state index in [2.05, 4.69) is 10.6 Å². The molecule has 1 atom stereocenters. The molecule has 0 saturated carbocycles. The zero-order chi connectivity index (χ0) is 20.3. The Labute approximate surface area is 164 Å². The highest BCUT2D eigenvalue weighted by Crippen LogP contribution is 2.28. The summed E-state index contributed by atoms with van der Waals surface area (Å²) in [5.41, 5.74) is 7.92. The van der Waals surface area contributed by atoms with E-state index in [1.807, 2.05) is 32.0 Å². The van der Waals surface area contributed by atoms with Crippen molar-refractivity contribution in [2.24, 2.45) is 5.73 Å². The van der Waals surface area contributed by atoms with Crippen LogP contribution >= 0.6 is 0 Å². The molecular formula is C20H28N4O4. The molecule has 1 unspecified atom stereocenters. The minimum Gasteiger partial charge on any atom is -0.373 e. The molecule has 28 heavy (non-hydrogen) atoms. The molecule has 4 N–H and O–H groups in total. The van der Waals surface area contributed by atoms with Crippen LogP contribution in [-0.4, -0.2) is 54.0 Å². The molecule has 1 saturated heterocycles. The first-order valence-electron chi connectivity index (χ1n) is 9.62. The number of nitrogens with one attached hydrogen (secondary N) is 2. The second kappa shape index (κ2) is 8.38. The van der Waals surface area contributed by atoms with Crippen molar-refractivity contribution in [3.8, 4) is 0 Å². The molecule has 0 radical (unpaired) electrons. The van der Waals surface area contributed by atoms with Gasteiger partial charge in [0.2, 0.25) is 11.8 Å². The van der Waals surface area contributed by atoms with Crippen LogP contribution in [0.4, 0.5) is 0 Å². The number of nitrogens with zero attached hydrogens (tertiary/aromatic N) is 1. The van der Waals surface area contributed by atoms with E-state index in [9.17, 15) is 14.4 Å². The summed E-state index contributed by atoms with van der Waals surface area (Å²) in [6.07, 6.45) is 0.632. The lowest BCUT2D eigenvalue weighted by Gasteiger charge is -2.29. The van der Waals surface area contributed by atoms with Crippen LogP contribution in [0.25, 0.3) is 0 Å². The van der Waals surface area contributed by atoms with Gasteiger partial charge in [0, 0.05) is 38.2 Å². The minimum absolute atomic E-state index is 0.151. The van der Waals surface area contributed by atoms with Gasteiger partial charge in [0.05, 0.1) is 12.2 Å². The number of ether oxygens (including phenoxy) is 1. The lowest BCUT2D eigenvalue weighted by molar-refractivity contribution is -0.136. The molecule has 152 valence electrons. The summed E-state index contributed by atoms with van der Waals surface area (Å²) in [5.74, 6) is -0.821. The largest absolute Gasteiger partial charge is 0.373 e. The molecule has 3 rings (SSSR count). The topological polar surface area (TPSA) is 114 Å². The Balaban J connectivity index is 1.55. The Bertz CT molecular complexity index is 777. The molecule has 2 heterocycles. The standard InChI is InChI=1S/C20H28N4O4/c1-20(2,12-21)28-8-7-22-10-13-3-4-15-14(9-13)11-24(19(15)27)16-5-6-17(25)23-18(16)26/h3-4,9,16,22H,5-8,10-12,21H2,1-2H3,(H,23,25,26). The van der Waals surface area contributed by atoms with Crippen molar-refractivity contribution < 1.29 is 19.1 Å². The zero-order valence-electron chi connectivity index (χ0n) is 16.4. The number of piperidine rings is 1. The van der Waals surface area contributed by atoms with Gasteiger partial charge in [-0.1, -0.05) is 12.1 Å². The Morgan fingerprint density at radius 2 is 2.11 bits per heavy atom. The number of rotatable bonds is 8. The number of amides is 3. The normalized spacial score (nSPS) is 19.8. The summed E-state index contributed by atoms with van der Waals surface area (Å²) in [7, 11) is 0. The van der Waals surface area contributed by atoms with Crippen LogP contribution in [0.1, 0.15) is 48.2 Å². The van der Waals surface area contributed by atoms with Gasteiger partial charge in [0.15, 0.2) is 0 Å². The van der Waals surface area contributed by atoms with Crippen molar-refractivity contribution in [2.75, 3.05) is 19.7 Å². The molecule has 2 aliphatic rings. The van der Waals surface area contributed by atoms with Gasteiger partial charge in [-0.3, -0.25) is 19.7 Å². The van der Waals surface area contributed by atoms with Gasteiger partial charge in [0.1, 0.15) is 6.04 Å². The molecule has 0 aromatic heterocycles. The molecule has 3 amide bonds. The summed E-state index contributed by atoms with van der Waals surface area (Å²) in [6.45, 7) is 6.69. The Morgan fingerprint density at radius 1 is 1.32 bits per heavy atom. The summed E-state index contributed by atoms with van der Waals surface area (Å²) in [4.78, 5) is 37.7. The number of carbonyl (C=O) groups is 3. The van der Waals surface area contributed by atoms with Crippen LogP contribution in [0.2, 0.25) is 0 Å². The zero-order valence-corrected chi connectivity index (χ0v) is 16.4. The highest BCUT2D eigenvalue weighted by Gasteiger charge is 2.38. The second-order valence-electron chi connectivity index (χ2n) is 7.88. The first kappa shape index (κ1) is 20.4. The Morgan fingerprint density at radius 3 is 2.82 bits per heavy atom. The third-order valence-corrected chi connectivity index (χ3v) is 5.18. The second-order valence-corrected chi connectivity index (χ2v) is 7.88. The third-order valence-electron chi connectivity index (χ3n) is 5.18. The lowest BCUT2D eigenvalue weighted by atomic mass is 10.0. The van der Waals surface area contributed by atoms with Crippen LogP contribution < -0.4 is 16.4 Å². The van der Waals surface area contributed by atoms with Crippen LogP contribution in [0, 0.1) is 0 Å². The number of carbonyl (C=O) groups excluding carboxylic acids is 3. The van der Waals surface area contributed by atoms with Crippen molar-refractivity contribution in [3.05, 3.63) is 34.9 Å². The van der Waals surface area contributed by atoms with Gasteiger partial charge < -0.3 is 20.7 Å². The maximum atomic E-state index is 12.7. The molecule has 1 aromatic rings. The van der Waals surface area contributed by atoms with E-state index in [-0.39, 0.29) is 29.7 Å². The number of hydrogen-bond donors (Lipinski definition) is 3.